The lowest BCUT2D eigenvalue weighted by molar-refractivity contribution is -0.00132. The quantitative estimate of drug-likeness (QED) is 0.640. The van der Waals surface area contributed by atoms with Gasteiger partial charge in [0.05, 0.1) is 12.7 Å². The topological polar surface area (TPSA) is 67.9 Å². The van der Waals surface area contributed by atoms with Gasteiger partial charge in [0.15, 0.2) is 0 Å². The van der Waals surface area contributed by atoms with Crippen LogP contribution in [0.15, 0.2) is 16.6 Å². The van der Waals surface area contributed by atoms with E-state index in [0.717, 1.165) is 28.6 Å². The van der Waals surface area contributed by atoms with Gasteiger partial charge in [0.1, 0.15) is 5.60 Å². The number of amides is 1. The first-order chi connectivity index (χ1) is 12.9. The van der Waals surface area contributed by atoms with Gasteiger partial charge in [0.2, 0.25) is 0 Å². The minimum Gasteiger partial charge on any atom is -0.465 e. The van der Waals surface area contributed by atoms with E-state index < -0.39 is 5.60 Å². The van der Waals surface area contributed by atoms with Crippen LogP contribution in [-0.4, -0.2) is 47.8 Å². The van der Waals surface area contributed by atoms with Crippen molar-refractivity contribution in [3.8, 4) is 0 Å². The second kappa shape index (κ2) is 8.72. The van der Waals surface area contributed by atoms with Crippen molar-refractivity contribution in [2.24, 2.45) is 0 Å². The molecule has 0 aliphatic carbocycles. The first-order valence-electron chi connectivity index (χ1n) is 9.59. The number of ether oxygens (including phenoxy) is 2. The third kappa shape index (κ3) is 5.40. The molecule has 0 aromatic heterocycles. The molecule has 28 heavy (non-hydrogen) atoms. The molecule has 1 aromatic rings. The van der Waals surface area contributed by atoms with Crippen LogP contribution in [0.25, 0.3) is 0 Å². The highest BCUT2D eigenvalue weighted by atomic mass is 79.9. The third-order valence-electron chi connectivity index (χ3n) is 4.94. The number of hydrogen-bond acceptors (Lipinski definition) is 5. The molecule has 156 valence electrons. The van der Waals surface area contributed by atoms with Crippen molar-refractivity contribution in [1.29, 1.82) is 0 Å². The predicted octanol–water partition coefficient (Wildman–Crippen LogP) is 5.13. The number of carbonyl (C=O) groups is 2. The van der Waals surface area contributed by atoms with Crippen LogP contribution in [-0.2, 0) is 9.47 Å². The summed E-state index contributed by atoms with van der Waals surface area (Å²) in [6.45, 7) is 11.6. The van der Waals surface area contributed by atoms with Crippen LogP contribution in [0.3, 0.4) is 0 Å². The van der Waals surface area contributed by atoms with E-state index in [2.05, 4.69) is 21.2 Å². The van der Waals surface area contributed by atoms with Gasteiger partial charge in [0.25, 0.3) is 0 Å². The number of piperidine rings is 1. The summed E-state index contributed by atoms with van der Waals surface area (Å²) < 4.78 is 11.3. The van der Waals surface area contributed by atoms with Crippen molar-refractivity contribution < 1.29 is 19.1 Å². The van der Waals surface area contributed by atoms with Crippen LogP contribution in [0.1, 0.15) is 63.4 Å². The molecule has 1 aliphatic rings. The SMILES string of the molecule is COC(=O)c1cc(Br)cc(NC2CC(C)N(C(=O)OC(C)(C)C)C(C)C2)c1C. The Hall–Kier alpha value is -1.76. The Morgan fingerprint density at radius 1 is 1.18 bits per heavy atom. The minimum absolute atomic E-state index is 0.0450. The van der Waals surface area contributed by atoms with Crippen molar-refractivity contribution in [3.05, 3.63) is 27.7 Å². The van der Waals surface area contributed by atoms with E-state index in [0.29, 0.717) is 5.56 Å². The van der Waals surface area contributed by atoms with E-state index in [1.165, 1.54) is 7.11 Å². The van der Waals surface area contributed by atoms with Gasteiger partial charge in [-0.05, 0) is 72.1 Å². The van der Waals surface area contributed by atoms with Crippen molar-refractivity contribution in [2.75, 3.05) is 12.4 Å². The Labute approximate surface area is 176 Å². The van der Waals surface area contributed by atoms with Gasteiger partial charge in [-0.1, -0.05) is 15.9 Å². The zero-order valence-electron chi connectivity index (χ0n) is 17.8. The lowest BCUT2D eigenvalue weighted by Gasteiger charge is -2.43. The third-order valence-corrected chi connectivity index (χ3v) is 5.40. The summed E-state index contributed by atoms with van der Waals surface area (Å²) in [4.78, 5) is 26.4. The number of methoxy groups -OCH3 is 1. The van der Waals surface area contributed by atoms with Crippen molar-refractivity contribution >= 4 is 33.7 Å². The average Bonchev–Trinajstić information content (AvgIpc) is 2.54. The second-order valence-electron chi connectivity index (χ2n) is 8.52. The molecule has 1 fully saturated rings. The first kappa shape index (κ1) is 22.5. The fourth-order valence-corrected chi connectivity index (χ4v) is 4.20. The predicted molar refractivity (Wildman–Crippen MR) is 114 cm³/mol. The van der Waals surface area contributed by atoms with Crippen LogP contribution in [0.4, 0.5) is 10.5 Å². The highest BCUT2D eigenvalue weighted by Crippen LogP contribution is 2.31. The largest absolute Gasteiger partial charge is 0.465 e. The molecule has 0 spiro atoms. The number of hydrogen-bond donors (Lipinski definition) is 1. The molecule has 0 saturated carbocycles. The number of nitrogens with one attached hydrogen (secondary N) is 1. The van der Waals surface area contributed by atoms with Gasteiger partial charge < -0.3 is 19.7 Å². The lowest BCUT2D eigenvalue weighted by atomic mass is 9.92. The van der Waals surface area contributed by atoms with Gasteiger partial charge in [-0.25, -0.2) is 9.59 Å². The zero-order chi connectivity index (χ0) is 21.2. The summed E-state index contributed by atoms with van der Waals surface area (Å²) in [6, 6.07) is 4.01. The Bertz CT molecular complexity index is 733. The van der Waals surface area contributed by atoms with E-state index >= 15 is 0 Å². The summed E-state index contributed by atoms with van der Waals surface area (Å²) in [7, 11) is 1.38. The minimum atomic E-state index is -0.511. The molecule has 1 heterocycles. The Kier molecular flexibility index (Phi) is 7.02. The molecule has 2 atom stereocenters. The molecule has 1 amide bonds. The number of benzene rings is 1. The molecule has 1 aliphatic heterocycles. The van der Waals surface area contributed by atoms with Gasteiger partial charge in [-0.3, -0.25) is 0 Å². The number of likely N-dealkylation sites (tertiary alicyclic amines) is 1. The maximum absolute atomic E-state index is 12.6. The van der Waals surface area contributed by atoms with Gasteiger partial charge in [-0.15, -0.1) is 0 Å². The molecule has 1 aromatic carbocycles. The molecular formula is C21H31BrN2O4. The van der Waals surface area contributed by atoms with Crippen LogP contribution in [0, 0.1) is 6.92 Å². The summed E-state index contributed by atoms with van der Waals surface area (Å²) in [5, 5.41) is 3.56. The van der Waals surface area contributed by atoms with Crippen LogP contribution in [0.5, 0.6) is 0 Å². The Balaban J connectivity index is 2.15. The van der Waals surface area contributed by atoms with Gasteiger partial charge >= 0.3 is 12.1 Å². The molecular weight excluding hydrogens is 424 g/mol. The van der Waals surface area contributed by atoms with E-state index in [1.54, 1.807) is 6.07 Å². The molecule has 6 nitrogen and oxygen atoms in total. The molecule has 0 radical (unpaired) electrons. The molecule has 2 unspecified atom stereocenters. The van der Waals surface area contributed by atoms with Gasteiger partial charge in [-0.2, -0.15) is 0 Å². The highest BCUT2D eigenvalue weighted by molar-refractivity contribution is 9.10. The van der Waals surface area contributed by atoms with Crippen LogP contribution < -0.4 is 5.32 Å². The number of halogens is 1. The Morgan fingerprint density at radius 3 is 2.25 bits per heavy atom. The number of nitrogens with zero attached hydrogens (tertiary/aromatic N) is 1. The standard InChI is InChI=1S/C21H31BrN2O4/c1-12-8-16(9-13(2)24(12)20(26)28-21(4,5)6)23-18-11-15(22)10-17(14(18)3)19(25)27-7/h10-13,16,23H,8-9H2,1-7H3. The molecule has 2 rings (SSSR count). The maximum Gasteiger partial charge on any atom is 0.410 e. The number of carbonyl (C=O) groups excluding carboxylic acids is 2. The summed E-state index contributed by atoms with van der Waals surface area (Å²) >= 11 is 3.47. The van der Waals surface area contributed by atoms with E-state index in [9.17, 15) is 9.59 Å². The Morgan fingerprint density at radius 2 is 1.75 bits per heavy atom. The average molecular weight is 455 g/mol. The van der Waals surface area contributed by atoms with E-state index in [-0.39, 0.29) is 30.2 Å². The smallest absolute Gasteiger partial charge is 0.410 e. The lowest BCUT2D eigenvalue weighted by Crippen LogP contribution is -2.54. The van der Waals surface area contributed by atoms with Crippen LogP contribution in [0.2, 0.25) is 0 Å². The van der Waals surface area contributed by atoms with Gasteiger partial charge in [0, 0.05) is 28.3 Å². The summed E-state index contributed by atoms with van der Waals surface area (Å²) in [6.07, 6.45) is 1.32. The second-order valence-corrected chi connectivity index (χ2v) is 9.43. The fraction of sp³-hybridized carbons (Fsp3) is 0.619. The number of anilines is 1. The monoisotopic (exact) mass is 454 g/mol. The molecule has 1 saturated heterocycles. The maximum atomic E-state index is 12.6. The molecule has 0 bridgehead atoms. The fourth-order valence-electron chi connectivity index (χ4n) is 3.74. The van der Waals surface area contributed by atoms with Crippen molar-refractivity contribution in [3.63, 3.8) is 0 Å². The van der Waals surface area contributed by atoms with E-state index in [1.807, 2.05) is 52.5 Å². The molecule has 7 heteroatoms. The molecule has 1 N–H and O–H groups in total. The highest BCUT2D eigenvalue weighted by Gasteiger charge is 2.36. The summed E-state index contributed by atoms with van der Waals surface area (Å²) in [5.74, 6) is -0.358. The zero-order valence-corrected chi connectivity index (χ0v) is 19.3. The normalized spacial score (nSPS) is 22.6. The number of rotatable bonds is 3. The van der Waals surface area contributed by atoms with Crippen molar-refractivity contribution in [2.45, 2.75) is 78.1 Å². The van der Waals surface area contributed by atoms with Crippen molar-refractivity contribution in [1.82, 2.24) is 4.90 Å². The number of esters is 1. The first-order valence-corrected chi connectivity index (χ1v) is 10.4. The van der Waals surface area contributed by atoms with Crippen LogP contribution >= 0.6 is 15.9 Å². The summed E-state index contributed by atoms with van der Waals surface area (Å²) in [5.41, 5.74) is 1.77. The van der Waals surface area contributed by atoms with E-state index in [4.69, 9.17) is 9.47 Å².